The van der Waals surface area contributed by atoms with Crippen LogP contribution in [0.1, 0.15) is 31.0 Å². The molecule has 0 aliphatic heterocycles. The number of carbonyl (C=O) groups is 1. The highest BCUT2D eigenvalue weighted by molar-refractivity contribution is 5.78. The lowest BCUT2D eigenvalue weighted by Gasteiger charge is -2.16. The van der Waals surface area contributed by atoms with Crippen LogP contribution in [0.5, 0.6) is 0 Å². The summed E-state index contributed by atoms with van der Waals surface area (Å²) in [7, 11) is 0. The van der Waals surface area contributed by atoms with Crippen LogP contribution in [0.15, 0.2) is 57.6 Å². The summed E-state index contributed by atoms with van der Waals surface area (Å²) in [4.78, 5) is 11.9. The zero-order valence-electron chi connectivity index (χ0n) is 13.4. The Labute approximate surface area is 139 Å². The molecular formula is C18H20N2O4. The first-order valence-corrected chi connectivity index (χ1v) is 7.85. The van der Waals surface area contributed by atoms with Gasteiger partial charge in [-0.05, 0) is 31.2 Å². The molecule has 3 aromatic rings. The molecule has 0 saturated heterocycles. The minimum Gasteiger partial charge on any atom is -0.467 e. The molecule has 2 heterocycles. The van der Waals surface area contributed by atoms with Crippen molar-refractivity contribution >= 4 is 17.0 Å². The van der Waals surface area contributed by atoms with E-state index in [0.29, 0.717) is 24.5 Å². The highest BCUT2D eigenvalue weighted by Crippen LogP contribution is 2.19. The maximum atomic E-state index is 11.9. The van der Waals surface area contributed by atoms with Crippen molar-refractivity contribution in [1.29, 1.82) is 0 Å². The number of aliphatic hydroxyl groups excluding tert-OH is 1. The predicted octanol–water partition coefficient (Wildman–Crippen LogP) is 3.34. The van der Waals surface area contributed by atoms with E-state index in [9.17, 15) is 9.90 Å². The molecule has 0 bridgehead atoms. The fourth-order valence-corrected chi connectivity index (χ4v) is 2.56. The third-order valence-electron chi connectivity index (χ3n) is 3.73. The van der Waals surface area contributed by atoms with Crippen LogP contribution >= 0.6 is 0 Å². The quantitative estimate of drug-likeness (QED) is 0.647. The lowest BCUT2D eigenvalue weighted by atomic mass is 10.1. The van der Waals surface area contributed by atoms with E-state index in [1.165, 1.54) is 6.26 Å². The number of hydrogen-bond acceptors (Lipinski definition) is 4. The van der Waals surface area contributed by atoms with Gasteiger partial charge < -0.3 is 24.6 Å². The molecule has 0 radical (unpaired) electrons. The third-order valence-corrected chi connectivity index (χ3v) is 3.73. The van der Waals surface area contributed by atoms with Crippen molar-refractivity contribution in [3.05, 3.63) is 60.2 Å². The monoisotopic (exact) mass is 328 g/mol. The Balaban J connectivity index is 1.46. The minimum absolute atomic E-state index is 0.208. The number of furan rings is 2. The second-order valence-corrected chi connectivity index (χ2v) is 5.75. The average molecular weight is 328 g/mol. The summed E-state index contributed by atoms with van der Waals surface area (Å²) >= 11 is 0. The van der Waals surface area contributed by atoms with Crippen molar-refractivity contribution in [2.45, 2.75) is 32.0 Å². The Kier molecular flexibility index (Phi) is 4.86. The number of nitrogens with one attached hydrogen (secondary N) is 2. The van der Waals surface area contributed by atoms with Gasteiger partial charge in [-0.15, -0.1) is 0 Å². The van der Waals surface area contributed by atoms with Crippen molar-refractivity contribution in [3.8, 4) is 0 Å². The molecule has 2 atom stereocenters. The number of amides is 2. The lowest BCUT2D eigenvalue weighted by molar-refractivity contribution is 0.129. The van der Waals surface area contributed by atoms with Gasteiger partial charge >= 0.3 is 6.03 Å². The Morgan fingerprint density at radius 2 is 2.08 bits per heavy atom. The molecule has 0 aliphatic rings. The van der Waals surface area contributed by atoms with Crippen molar-refractivity contribution in [1.82, 2.24) is 10.6 Å². The van der Waals surface area contributed by atoms with Crippen molar-refractivity contribution in [2.75, 3.05) is 0 Å². The molecule has 0 spiro atoms. The molecule has 1 aromatic carbocycles. The van der Waals surface area contributed by atoms with E-state index >= 15 is 0 Å². The number of rotatable bonds is 6. The maximum Gasteiger partial charge on any atom is 0.315 e. The number of para-hydroxylation sites is 1. The summed E-state index contributed by atoms with van der Waals surface area (Å²) in [5.41, 5.74) is 0.796. The first-order valence-electron chi connectivity index (χ1n) is 7.85. The molecule has 2 aromatic heterocycles. The summed E-state index contributed by atoms with van der Waals surface area (Å²) in [6, 6.07) is 12.5. The first-order chi connectivity index (χ1) is 11.6. The van der Waals surface area contributed by atoms with Crippen LogP contribution in [-0.4, -0.2) is 17.2 Å². The minimum atomic E-state index is -0.745. The van der Waals surface area contributed by atoms with Gasteiger partial charge in [0.25, 0.3) is 0 Å². The van der Waals surface area contributed by atoms with E-state index < -0.39 is 6.10 Å². The predicted molar refractivity (Wildman–Crippen MR) is 89.3 cm³/mol. The van der Waals surface area contributed by atoms with Gasteiger partial charge in [0.1, 0.15) is 23.2 Å². The van der Waals surface area contributed by atoms with Gasteiger partial charge in [-0.3, -0.25) is 0 Å². The molecule has 2 amide bonds. The van der Waals surface area contributed by atoms with E-state index in [0.717, 1.165) is 11.0 Å². The van der Waals surface area contributed by atoms with Gasteiger partial charge in [-0.1, -0.05) is 18.2 Å². The van der Waals surface area contributed by atoms with Gasteiger partial charge in [-0.25, -0.2) is 4.79 Å². The summed E-state index contributed by atoms with van der Waals surface area (Å²) in [5.74, 6) is 1.18. The van der Waals surface area contributed by atoms with Crippen molar-refractivity contribution < 1.29 is 18.7 Å². The second-order valence-electron chi connectivity index (χ2n) is 5.75. The highest BCUT2D eigenvalue weighted by atomic mass is 16.4. The molecule has 6 nitrogen and oxygen atoms in total. The van der Waals surface area contributed by atoms with Crippen LogP contribution in [0, 0.1) is 0 Å². The van der Waals surface area contributed by atoms with E-state index in [1.807, 2.05) is 37.3 Å². The molecule has 0 saturated carbocycles. The second kappa shape index (κ2) is 7.23. The fraction of sp³-hybridized carbons (Fsp3) is 0.278. The fourth-order valence-electron chi connectivity index (χ4n) is 2.56. The van der Waals surface area contributed by atoms with E-state index in [2.05, 4.69) is 10.6 Å². The van der Waals surface area contributed by atoms with Gasteiger partial charge in [0.15, 0.2) is 0 Å². The van der Waals surface area contributed by atoms with E-state index in [4.69, 9.17) is 8.83 Å². The summed E-state index contributed by atoms with van der Waals surface area (Å²) < 4.78 is 10.8. The van der Waals surface area contributed by atoms with Crippen LogP contribution in [0.4, 0.5) is 4.79 Å². The number of benzene rings is 1. The van der Waals surface area contributed by atoms with Crippen LogP contribution in [0.25, 0.3) is 11.0 Å². The molecule has 3 N–H and O–H groups in total. The number of urea groups is 1. The Morgan fingerprint density at radius 3 is 2.83 bits per heavy atom. The molecule has 0 fully saturated rings. The number of hydrogen-bond donors (Lipinski definition) is 3. The number of carbonyl (C=O) groups excluding carboxylic acids is 1. The van der Waals surface area contributed by atoms with Gasteiger partial charge in [0.05, 0.1) is 12.8 Å². The summed E-state index contributed by atoms with van der Waals surface area (Å²) in [6.07, 6.45) is 1.13. The number of fused-ring (bicyclic) bond motifs is 1. The maximum absolute atomic E-state index is 11.9. The molecule has 3 rings (SSSR count). The Hall–Kier alpha value is -2.73. The SMILES string of the molecule is C[C@H](C[C@H](O)c1ccco1)NC(=O)NCc1cc2ccccc2o1. The molecule has 24 heavy (non-hydrogen) atoms. The largest absolute Gasteiger partial charge is 0.467 e. The third kappa shape index (κ3) is 3.97. The van der Waals surface area contributed by atoms with Crippen LogP contribution in [0.3, 0.4) is 0 Å². The molecular weight excluding hydrogens is 308 g/mol. The van der Waals surface area contributed by atoms with E-state index in [-0.39, 0.29) is 12.1 Å². The first kappa shape index (κ1) is 16.1. The average Bonchev–Trinajstić information content (AvgIpc) is 3.21. The molecule has 6 heteroatoms. The molecule has 0 unspecified atom stereocenters. The van der Waals surface area contributed by atoms with Crippen LogP contribution in [-0.2, 0) is 6.54 Å². The van der Waals surface area contributed by atoms with Crippen LogP contribution < -0.4 is 10.6 Å². The molecule has 0 aliphatic carbocycles. The Bertz CT molecular complexity index is 761. The highest BCUT2D eigenvalue weighted by Gasteiger charge is 2.16. The van der Waals surface area contributed by atoms with Gasteiger partial charge in [0, 0.05) is 17.8 Å². The van der Waals surface area contributed by atoms with Gasteiger partial charge in [-0.2, -0.15) is 0 Å². The summed E-state index contributed by atoms with van der Waals surface area (Å²) in [5, 5.41) is 16.5. The Morgan fingerprint density at radius 1 is 1.25 bits per heavy atom. The summed E-state index contributed by atoms with van der Waals surface area (Å²) in [6.45, 7) is 2.13. The lowest BCUT2D eigenvalue weighted by Crippen LogP contribution is -2.41. The zero-order chi connectivity index (χ0) is 16.9. The van der Waals surface area contributed by atoms with Crippen molar-refractivity contribution in [3.63, 3.8) is 0 Å². The normalized spacial score (nSPS) is 13.6. The number of aliphatic hydroxyl groups is 1. The molecule has 126 valence electrons. The topological polar surface area (TPSA) is 87.6 Å². The van der Waals surface area contributed by atoms with E-state index in [1.54, 1.807) is 12.1 Å². The smallest absolute Gasteiger partial charge is 0.315 e. The van der Waals surface area contributed by atoms with Crippen LogP contribution in [0.2, 0.25) is 0 Å². The standard InChI is InChI=1S/C18H20N2O4/c1-12(9-15(21)17-7-4-8-23-17)20-18(22)19-11-14-10-13-5-2-3-6-16(13)24-14/h2-8,10,12,15,21H,9,11H2,1H3,(H2,19,20,22)/t12-,15+/m1/s1. The van der Waals surface area contributed by atoms with Gasteiger partial charge in [0.2, 0.25) is 0 Å². The zero-order valence-corrected chi connectivity index (χ0v) is 13.4. The van der Waals surface area contributed by atoms with Crippen molar-refractivity contribution in [2.24, 2.45) is 0 Å².